The quantitative estimate of drug-likeness (QED) is 0.251. The lowest BCUT2D eigenvalue weighted by Crippen LogP contribution is -2.42. The fourth-order valence-electron chi connectivity index (χ4n) is 4.78. The highest BCUT2D eigenvalue weighted by molar-refractivity contribution is 6.30. The Morgan fingerprint density at radius 3 is 2.41 bits per heavy atom. The maximum absolute atomic E-state index is 13.8. The highest BCUT2D eigenvalue weighted by Gasteiger charge is 2.33. The van der Waals surface area contributed by atoms with E-state index in [4.69, 9.17) is 20.5 Å². The number of benzene rings is 3. The molecule has 1 N–H and O–H groups in total. The van der Waals surface area contributed by atoms with Gasteiger partial charge in [0, 0.05) is 10.4 Å². The minimum absolute atomic E-state index is 0.0792. The zero-order valence-corrected chi connectivity index (χ0v) is 22.3. The fourth-order valence-corrected chi connectivity index (χ4v) is 5.01. The molecule has 188 valence electrons. The van der Waals surface area contributed by atoms with E-state index < -0.39 is 5.41 Å². The number of rotatable bonds is 6. The lowest BCUT2D eigenvalue weighted by atomic mass is 9.82. The van der Waals surface area contributed by atoms with Crippen molar-refractivity contribution in [1.82, 2.24) is 10.5 Å². The van der Waals surface area contributed by atoms with Gasteiger partial charge in [0.25, 0.3) is 0 Å². The van der Waals surface area contributed by atoms with Gasteiger partial charge in [-0.3, -0.25) is 4.79 Å². The fraction of sp³-hybridized carbons (Fsp3) is 0.226. The molecular weight excluding hydrogens is 484 g/mol. The number of nitrogens with one attached hydrogen (secondary N) is 1. The van der Waals surface area contributed by atoms with E-state index in [2.05, 4.69) is 10.5 Å². The zero-order chi connectivity index (χ0) is 26.3. The predicted molar refractivity (Wildman–Crippen MR) is 147 cm³/mol. The van der Waals surface area contributed by atoms with E-state index in [1.807, 2.05) is 107 Å². The van der Waals surface area contributed by atoms with Crippen LogP contribution >= 0.6 is 11.6 Å². The minimum atomic E-state index is -0.804. The maximum atomic E-state index is 13.8. The molecule has 0 spiro atoms. The van der Waals surface area contributed by atoms with E-state index in [1.54, 1.807) is 0 Å². The Bertz CT molecular complexity index is 1580. The number of fused-ring (bicyclic) bond motifs is 1. The van der Waals surface area contributed by atoms with Crippen LogP contribution in [0, 0.1) is 20.8 Å². The molecule has 2 aromatic heterocycles. The molecule has 0 aliphatic rings. The van der Waals surface area contributed by atoms with Gasteiger partial charge in [-0.05, 0) is 87.2 Å². The van der Waals surface area contributed by atoms with Crippen LogP contribution < -0.4 is 5.32 Å². The van der Waals surface area contributed by atoms with E-state index in [0.29, 0.717) is 16.5 Å². The largest absolute Gasteiger partial charge is 0.456 e. The predicted octanol–water partition coefficient (Wildman–Crippen LogP) is 7.85. The van der Waals surface area contributed by atoms with Crippen molar-refractivity contribution in [2.24, 2.45) is 0 Å². The average Bonchev–Trinajstić information content (AvgIpc) is 3.44. The molecular formula is C31H29ClN2O3. The topological polar surface area (TPSA) is 68.3 Å². The number of carbonyl (C=O) groups excluding carboxylic acids is 1. The van der Waals surface area contributed by atoms with Crippen molar-refractivity contribution in [2.45, 2.75) is 46.1 Å². The molecule has 0 saturated carbocycles. The van der Waals surface area contributed by atoms with Gasteiger partial charge in [-0.25, -0.2) is 0 Å². The third-order valence-corrected chi connectivity index (χ3v) is 7.27. The van der Waals surface area contributed by atoms with Crippen LogP contribution in [0.1, 0.15) is 53.6 Å². The second-order valence-electron chi connectivity index (χ2n) is 10.0. The van der Waals surface area contributed by atoms with Gasteiger partial charge in [-0.15, -0.1) is 0 Å². The van der Waals surface area contributed by atoms with Gasteiger partial charge in [-0.2, -0.15) is 0 Å². The number of carbonyl (C=O) groups is 1. The van der Waals surface area contributed by atoms with Gasteiger partial charge in [0.05, 0.1) is 22.7 Å². The van der Waals surface area contributed by atoms with Crippen LogP contribution in [0.2, 0.25) is 5.02 Å². The summed E-state index contributed by atoms with van der Waals surface area (Å²) in [6.45, 7) is 9.65. The van der Waals surface area contributed by atoms with Crippen molar-refractivity contribution >= 4 is 28.5 Å². The van der Waals surface area contributed by atoms with Crippen molar-refractivity contribution in [2.75, 3.05) is 0 Å². The van der Waals surface area contributed by atoms with Crippen LogP contribution in [0.3, 0.4) is 0 Å². The van der Waals surface area contributed by atoms with Gasteiger partial charge in [0.1, 0.15) is 17.1 Å². The van der Waals surface area contributed by atoms with Crippen molar-refractivity contribution in [3.05, 3.63) is 112 Å². The van der Waals surface area contributed by atoms with Crippen LogP contribution in [0.15, 0.2) is 81.7 Å². The molecule has 1 atom stereocenters. The van der Waals surface area contributed by atoms with E-state index in [1.165, 1.54) is 0 Å². The summed E-state index contributed by atoms with van der Waals surface area (Å²) < 4.78 is 11.4. The second-order valence-corrected chi connectivity index (χ2v) is 10.4. The summed E-state index contributed by atoms with van der Waals surface area (Å²) in [5, 5.41) is 8.94. The van der Waals surface area contributed by atoms with E-state index in [-0.39, 0.29) is 11.9 Å². The van der Waals surface area contributed by atoms with Crippen molar-refractivity contribution in [3.8, 4) is 11.3 Å². The molecule has 0 bridgehead atoms. The first-order valence-corrected chi connectivity index (χ1v) is 12.6. The number of halogens is 1. The number of hydrogen-bond donors (Lipinski definition) is 1. The van der Waals surface area contributed by atoms with Gasteiger partial charge >= 0.3 is 0 Å². The Balaban J connectivity index is 1.49. The van der Waals surface area contributed by atoms with E-state index in [9.17, 15) is 4.79 Å². The molecule has 6 heteroatoms. The van der Waals surface area contributed by atoms with Gasteiger partial charge in [0.15, 0.2) is 0 Å². The Morgan fingerprint density at radius 1 is 0.973 bits per heavy atom. The summed E-state index contributed by atoms with van der Waals surface area (Å²) in [6, 6.07) is 23.3. The molecule has 2 heterocycles. The number of aromatic nitrogens is 1. The van der Waals surface area contributed by atoms with E-state index >= 15 is 0 Å². The first-order valence-electron chi connectivity index (χ1n) is 12.2. The smallest absolute Gasteiger partial charge is 0.230 e. The third kappa shape index (κ3) is 4.67. The highest BCUT2D eigenvalue weighted by atomic mass is 35.5. The number of aryl methyl sites for hydroxylation is 3. The molecule has 0 fully saturated rings. The number of nitrogens with zero attached hydrogens (tertiary/aromatic N) is 1. The molecule has 5 rings (SSSR count). The molecule has 0 aliphatic heterocycles. The summed E-state index contributed by atoms with van der Waals surface area (Å²) in [5.74, 6) is 1.33. The van der Waals surface area contributed by atoms with Crippen LogP contribution in [0.5, 0.6) is 0 Å². The summed E-state index contributed by atoms with van der Waals surface area (Å²) in [5.41, 5.74) is 5.51. The molecule has 0 aliphatic carbocycles. The molecule has 1 unspecified atom stereocenters. The van der Waals surface area contributed by atoms with Crippen molar-refractivity contribution in [1.29, 1.82) is 0 Å². The van der Waals surface area contributed by atoms with Gasteiger partial charge < -0.3 is 14.3 Å². The summed E-state index contributed by atoms with van der Waals surface area (Å²) in [6.07, 6.45) is 0. The van der Waals surface area contributed by atoms with Gasteiger partial charge in [0.2, 0.25) is 5.91 Å². The molecule has 5 aromatic rings. The van der Waals surface area contributed by atoms with Crippen LogP contribution in [0.25, 0.3) is 22.3 Å². The Labute approximate surface area is 221 Å². The summed E-state index contributed by atoms with van der Waals surface area (Å²) in [4.78, 5) is 13.8. The summed E-state index contributed by atoms with van der Waals surface area (Å²) >= 11 is 6.22. The zero-order valence-electron chi connectivity index (χ0n) is 21.6. The lowest BCUT2D eigenvalue weighted by molar-refractivity contribution is -0.126. The van der Waals surface area contributed by atoms with Crippen molar-refractivity contribution < 1.29 is 13.7 Å². The molecule has 37 heavy (non-hydrogen) atoms. The first kappa shape index (κ1) is 24.8. The number of furan rings is 1. The Hall–Kier alpha value is -3.83. The van der Waals surface area contributed by atoms with Crippen LogP contribution in [-0.4, -0.2) is 11.1 Å². The molecule has 0 saturated heterocycles. The van der Waals surface area contributed by atoms with Crippen molar-refractivity contribution in [3.63, 3.8) is 0 Å². The lowest BCUT2D eigenvalue weighted by Gasteiger charge is -2.29. The number of hydrogen-bond acceptors (Lipinski definition) is 4. The molecule has 5 nitrogen and oxygen atoms in total. The Morgan fingerprint density at radius 2 is 1.73 bits per heavy atom. The van der Waals surface area contributed by atoms with Gasteiger partial charge in [-0.1, -0.05) is 59.2 Å². The molecule has 1 amide bonds. The Kier molecular flexibility index (Phi) is 6.42. The first-order chi connectivity index (χ1) is 17.6. The van der Waals surface area contributed by atoms with Crippen LogP contribution in [0.4, 0.5) is 0 Å². The average molecular weight is 513 g/mol. The maximum Gasteiger partial charge on any atom is 0.230 e. The molecule has 3 aromatic carbocycles. The minimum Gasteiger partial charge on any atom is -0.456 e. The number of amides is 1. The monoisotopic (exact) mass is 512 g/mol. The van der Waals surface area contributed by atoms with E-state index in [0.717, 1.165) is 44.5 Å². The normalized spacial score (nSPS) is 12.6. The highest BCUT2D eigenvalue weighted by Crippen LogP contribution is 2.35. The SMILES string of the molecule is Cc1cc(Cl)ccc1C(NC(=O)C(C)(C)c1ccc2oc(-c3c(C)noc3C)cc2c1)c1ccccc1. The van der Waals surface area contributed by atoms with Crippen LogP contribution in [-0.2, 0) is 10.2 Å². The standard InChI is InChI=1S/C31H29ClN2O3/c1-18-15-24(32)12-13-25(18)29(21-9-7-6-8-10-21)33-30(35)31(4,5)23-11-14-26-22(16-23)17-27(36-26)28-19(2)34-37-20(28)3/h6-17,29H,1-5H3,(H,33,35). The molecule has 0 radical (unpaired) electrons. The third-order valence-electron chi connectivity index (χ3n) is 7.04. The second kappa shape index (κ2) is 9.56. The summed E-state index contributed by atoms with van der Waals surface area (Å²) in [7, 11) is 0.